The predicted octanol–water partition coefficient (Wildman–Crippen LogP) is 1.02. The number of alkyl halides is 3. The molecule has 4 N–H and O–H groups in total. The zero-order chi connectivity index (χ0) is 14.6. The van der Waals surface area contributed by atoms with Crippen LogP contribution in [0.1, 0.15) is 5.56 Å². The summed E-state index contributed by atoms with van der Waals surface area (Å²) >= 11 is 0. The van der Waals surface area contributed by atoms with Crippen LogP contribution in [0.15, 0.2) is 23.2 Å². The van der Waals surface area contributed by atoms with Crippen molar-refractivity contribution < 1.29 is 27.1 Å². The Morgan fingerprint density at radius 2 is 1.95 bits per heavy atom. The Hall–Kier alpha value is -2.32. The lowest BCUT2D eigenvalue weighted by Crippen LogP contribution is -2.25. The molecule has 0 radical (unpaired) electrons. The molecule has 0 heterocycles. The number of nitrogens with two attached hydrogens (primary N) is 2. The fourth-order valence-corrected chi connectivity index (χ4v) is 1.11. The molecular formula is C10H9F4N3O2. The predicted molar refractivity (Wildman–Crippen MR) is 57.7 cm³/mol. The standard InChI is InChI=1S/C10H9F4N3O2/c11-7-3-5(1-2-6(7)10(12,13)14)19-8(18)4-17-9(15)16/h1-3H,4H2,(H4,15,16,17). The van der Waals surface area contributed by atoms with Crippen LogP contribution in [-0.2, 0) is 11.0 Å². The van der Waals surface area contributed by atoms with E-state index in [9.17, 15) is 22.4 Å². The van der Waals surface area contributed by atoms with E-state index in [0.29, 0.717) is 12.1 Å². The molecule has 104 valence electrons. The van der Waals surface area contributed by atoms with E-state index in [-0.39, 0.29) is 11.7 Å². The van der Waals surface area contributed by atoms with E-state index >= 15 is 0 Å². The second-order valence-electron chi connectivity index (χ2n) is 3.35. The quantitative estimate of drug-likeness (QED) is 0.284. The van der Waals surface area contributed by atoms with E-state index in [4.69, 9.17) is 11.5 Å². The summed E-state index contributed by atoms with van der Waals surface area (Å²) in [5.41, 5.74) is 8.47. The van der Waals surface area contributed by atoms with Crippen LogP contribution in [-0.4, -0.2) is 18.5 Å². The molecule has 0 atom stereocenters. The SMILES string of the molecule is NC(N)=NCC(=O)Oc1ccc(C(F)(F)F)c(F)c1. The molecule has 0 aromatic heterocycles. The molecule has 0 aliphatic carbocycles. The topological polar surface area (TPSA) is 90.7 Å². The second kappa shape index (κ2) is 5.55. The number of esters is 1. The zero-order valence-electron chi connectivity index (χ0n) is 9.37. The summed E-state index contributed by atoms with van der Waals surface area (Å²) in [5.74, 6) is -3.20. The average molecular weight is 279 g/mol. The minimum Gasteiger partial charge on any atom is -0.425 e. The van der Waals surface area contributed by atoms with Crippen LogP contribution in [0.3, 0.4) is 0 Å². The molecule has 5 nitrogen and oxygen atoms in total. The van der Waals surface area contributed by atoms with Gasteiger partial charge < -0.3 is 16.2 Å². The molecule has 9 heteroatoms. The second-order valence-corrected chi connectivity index (χ2v) is 3.35. The van der Waals surface area contributed by atoms with Gasteiger partial charge in [-0.3, -0.25) is 0 Å². The van der Waals surface area contributed by atoms with Gasteiger partial charge in [-0.2, -0.15) is 13.2 Å². The van der Waals surface area contributed by atoms with Crippen molar-refractivity contribution in [2.24, 2.45) is 16.5 Å². The average Bonchev–Trinajstić information content (AvgIpc) is 2.24. The van der Waals surface area contributed by atoms with Crippen molar-refractivity contribution >= 4 is 11.9 Å². The molecule has 0 saturated heterocycles. The lowest BCUT2D eigenvalue weighted by atomic mass is 10.2. The first-order valence-corrected chi connectivity index (χ1v) is 4.83. The first-order chi connectivity index (χ1) is 8.70. The van der Waals surface area contributed by atoms with Gasteiger partial charge in [0, 0.05) is 6.07 Å². The van der Waals surface area contributed by atoms with E-state index in [1.165, 1.54) is 0 Å². The molecule has 0 bridgehead atoms. The van der Waals surface area contributed by atoms with Crippen LogP contribution in [0.25, 0.3) is 0 Å². The van der Waals surface area contributed by atoms with Gasteiger partial charge in [0.1, 0.15) is 18.1 Å². The molecule has 0 aliphatic rings. The lowest BCUT2D eigenvalue weighted by molar-refractivity contribution is -0.140. The van der Waals surface area contributed by atoms with Crippen LogP contribution in [0, 0.1) is 5.82 Å². The highest BCUT2D eigenvalue weighted by Crippen LogP contribution is 2.32. The Kier molecular flexibility index (Phi) is 4.30. The van der Waals surface area contributed by atoms with Gasteiger partial charge in [0.05, 0.1) is 5.56 Å². The monoisotopic (exact) mass is 279 g/mol. The van der Waals surface area contributed by atoms with Gasteiger partial charge in [-0.25, -0.2) is 14.2 Å². The maximum atomic E-state index is 13.1. The van der Waals surface area contributed by atoms with Crippen LogP contribution in [0.5, 0.6) is 5.75 Å². The summed E-state index contributed by atoms with van der Waals surface area (Å²) in [6.07, 6.45) is -4.81. The number of hydrogen-bond donors (Lipinski definition) is 2. The Morgan fingerprint density at radius 1 is 1.32 bits per heavy atom. The van der Waals surface area contributed by atoms with Crippen LogP contribution < -0.4 is 16.2 Å². The number of aliphatic imine (C=N–C) groups is 1. The van der Waals surface area contributed by atoms with Gasteiger partial charge in [-0.05, 0) is 12.1 Å². The molecule has 0 spiro atoms. The van der Waals surface area contributed by atoms with Gasteiger partial charge in [-0.1, -0.05) is 0 Å². The smallest absolute Gasteiger partial charge is 0.419 e. The van der Waals surface area contributed by atoms with E-state index in [1.807, 2.05) is 0 Å². The fourth-order valence-electron chi connectivity index (χ4n) is 1.11. The fraction of sp³-hybridized carbons (Fsp3) is 0.200. The van der Waals surface area contributed by atoms with Crippen LogP contribution in [0.4, 0.5) is 17.6 Å². The molecule has 1 rings (SSSR count). The number of benzene rings is 1. The molecular weight excluding hydrogens is 270 g/mol. The van der Waals surface area contributed by atoms with Crippen LogP contribution >= 0.6 is 0 Å². The maximum absolute atomic E-state index is 13.1. The van der Waals surface area contributed by atoms with Crippen molar-refractivity contribution in [3.8, 4) is 5.75 Å². The molecule has 0 aliphatic heterocycles. The largest absolute Gasteiger partial charge is 0.425 e. The summed E-state index contributed by atoms with van der Waals surface area (Å²) < 4.78 is 54.5. The van der Waals surface area contributed by atoms with Crippen LogP contribution in [0.2, 0.25) is 0 Å². The third-order valence-corrected chi connectivity index (χ3v) is 1.87. The highest BCUT2D eigenvalue weighted by atomic mass is 19.4. The molecule has 0 saturated carbocycles. The summed E-state index contributed by atoms with van der Waals surface area (Å²) in [6, 6.07) is 1.74. The van der Waals surface area contributed by atoms with E-state index in [2.05, 4.69) is 9.73 Å². The molecule has 0 amide bonds. The minimum absolute atomic E-state index is 0.351. The number of rotatable bonds is 3. The highest BCUT2D eigenvalue weighted by molar-refractivity contribution is 5.81. The molecule has 0 unspecified atom stereocenters. The summed E-state index contributed by atoms with van der Waals surface area (Å²) in [5, 5.41) is 0. The molecule has 1 aromatic carbocycles. The zero-order valence-corrected chi connectivity index (χ0v) is 9.37. The highest BCUT2D eigenvalue weighted by Gasteiger charge is 2.34. The number of ether oxygens (including phenoxy) is 1. The Morgan fingerprint density at radius 3 is 2.42 bits per heavy atom. The van der Waals surface area contributed by atoms with Gasteiger partial charge >= 0.3 is 12.1 Å². The van der Waals surface area contributed by atoms with Gasteiger partial charge in [0.25, 0.3) is 0 Å². The summed E-state index contributed by atoms with van der Waals surface area (Å²) in [4.78, 5) is 14.4. The van der Waals surface area contributed by atoms with E-state index in [0.717, 1.165) is 6.07 Å². The van der Waals surface area contributed by atoms with Gasteiger partial charge in [0.15, 0.2) is 5.96 Å². The summed E-state index contributed by atoms with van der Waals surface area (Å²) in [7, 11) is 0. The van der Waals surface area contributed by atoms with Gasteiger partial charge in [0.2, 0.25) is 0 Å². The van der Waals surface area contributed by atoms with Crippen molar-refractivity contribution in [1.82, 2.24) is 0 Å². The Labute approximate surface area is 104 Å². The Balaban J connectivity index is 2.80. The third-order valence-electron chi connectivity index (χ3n) is 1.87. The number of carbonyl (C=O) groups excluding carboxylic acids is 1. The van der Waals surface area contributed by atoms with E-state index < -0.39 is 30.1 Å². The number of hydrogen-bond acceptors (Lipinski definition) is 3. The number of nitrogens with zero attached hydrogens (tertiary/aromatic N) is 1. The first-order valence-electron chi connectivity index (χ1n) is 4.83. The van der Waals surface area contributed by atoms with Crippen molar-refractivity contribution in [2.45, 2.75) is 6.18 Å². The summed E-state index contributed by atoms with van der Waals surface area (Å²) in [6.45, 7) is -0.523. The van der Waals surface area contributed by atoms with Crippen molar-refractivity contribution in [3.63, 3.8) is 0 Å². The third kappa shape index (κ3) is 4.45. The van der Waals surface area contributed by atoms with Crippen molar-refractivity contribution in [1.29, 1.82) is 0 Å². The van der Waals surface area contributed by atoms with Gasteiger partial charge in [-0.15, -0.1) is 0 Å². The molecule has 0 fully saturated rings. The molecule has 19 heavy (non-hydrogen) atoms. The lowest BCUT2D eigenvalue weighted by Gasteiger charge is -2.09. The minimum atomic E-state index is -4.81. The number of carbonyl (C=O) groups is 1. The van der Waals surface area contributed by atoms with Crippen molar-refractivity contribution in [2.75, 3.05) is 6.54 Å². The Bertz CT molecular complexity index is 510. The first kappa shape index (κ1) is 14.7. The number of halogens is 4. The maximum Gasteiger partial charge on any atom is 0.419 e. The van der Waals surface area contributed by atoms with Crippen molar-refractivity contribution in [3.05, 3.63) is 29.6 Å². The number of guanidine groups is 1. The van der Waals surface area contributed by atoms with E-state index in [1.54, 1.807) is 0 Å². The molecule has 1 aromatic rings. The normalized spacial score (nSPS) is 10.9.